The Hall–Kier alpha value is -0.560. The number of hydrogen-bond donors (Lipinski definition) is 1. The Morgan fingerprint density at radius 3 is 2.74 bits per heavy atom. The zero-order valence-corrected chi connectivity index (χ0v) is 12.1. The fourth-order valence-corrected chi connectivity index (χ4v) is 2.99. The van der Waals surface area contributed by atoms with Crippen LogP contribution >= 0.6 is 0 Å². The highest BCUT2D eigenvalue weighted by molar-refractivity contribution is 5.04. The SMILES string of the molecule is CC(CC1C2COCC2N1C(O)OC(C)(C)C)N=O. The predicted octanol–water partition coefficient (Wildman–Crippen LogP) is 1.32. The van der Waals surface area contributed by atoms with E-state index in [0.29, 0.717) is 25.6 Å². The third-order valence-electron chi connectivity index (χ3n) is 3.83. The van der Waals surface area contributed by atoms with E-state index in [9.17, 15) is 10.0 Å². The zero-order chi connectivity index (χ0) is 14.2. The molecule has 0 spiro atoms. The van der Waals surface area contributed by atoms with Crippen LogP contribution in [0.15, 0.2) is 5.18 Å². The van der Waals surface area contributed by atoms with Gasteiger partial charge in [-0.2, -0.15) is 4.91 Å². The van der Waals surface area contributed by atoms with E-state index in [0.717, 1.165) is 0 Å². The van der Waals surface area contributed by atoms with Gasteiger partial charge in [0.25, 0.3) is 0 Å². The molecule has 0 amide bonds. The summed E-state index contributed by atoms with van der Waals surface area (Å²) in [6, 6.07) is 0.0506. The maximum absolute atomic E-state index is 10.6. The van der Waals surface area contributed by atoms with Gasteiger partial charge in [-0.05, 0) is 34.1 Å². The third kappa shape index (κ3) is 3.13. The molecule has 2 aliphatic rings. The molecular weight excluding hydrogens is 248 g/mol. The first kappa shape index (κ1) is 14.8. The normalized spacial score (nSPS) is 34.5. The Morgan fingerprint density at radius 2 is 2.16 bits per heavy atom. The summed E-state index contributed by atoms with van der Waals surface area (Å²) in [6.07, 6.45) is -0.315. The van der Waals surface area contributed by atoms with Gasteiger partial charge in [-0.25, -0.2) is 4.90 Å². The number of nitrogens with zero attached hydrogens (tertiary/aromatic N) is 2. The first-order chi connectivity index (χ1) is 8.83. The molecular formula is C13H24N2O4. The first-order valence-electron chi connectivity index (χ1n) is 6.87. The van der Waals surface area contributed by atoms with Gasteiger partial charge < -0.3 is 14.6 Å². The van der Waals surface area contributed by atoms with Crippen LogP contribution in [0, 0.1) is 10.8 Å². The van der Waals surface area contributed by atoms with E-state index < -0.39 is 12.0 Å². The van der Waals surface area contributed by atoms with Crippen molar-refractivity contribution >= 4 is 0 Å². The Balaban J connectivity index is 2.01. The van der Waals surface area contributed by atoms with Crippen molar-refractivity contribution in [3.05, 3.63) is 4.91 Å². The summed E-state index contributed by atoms with van der Waals surface area (Å²) in [5.41, 5.74) is -0.414. The quantitative estimate of drug-likeness (QED) is 0.603. The maximum atomic E-state index is 10.6. The first-order valence-corrected chi connectivity index (χ1v) is 6.87. The highest BCUT2D eigenvalue weighted by atomic mass is 16.6. The number of hydrogen-bond acceptors (Lipinski definition) is 6. The number of nitroso groups, excluding NO2 is 1. The molecule has 0 aliphatic carbocycles. The van der Waals surface area contributed by atoms with Crippen LogP contribution in [0.3, 0.4) is 0 Å². The third-order valence-corrected chi connectivity index (χ3v) is 3.83. The van der Waals surface area contributed by atoms with Crippen LogP contribution in [0.5, 0.6) is 0 Å². The molecule has 0 aromatic heterocycles. The fraction of sp³-hybridized carbons (Fsp3) is 1.00. The number of ether oxygens (including phenoxy) is 2. The zero-order valence-electron chi connectivity index (χ0n) is 12.1. The van der Waals surface area contributed by atoms with E-state index in [2.05, 4.69) is 5.18 Å². The van der Waals surface area contributed by atoms with Gasteiger partial charge in [0, 0.05) is 18.0 Å². The van der Waals surface area contributed by atoms with E-state index in [-0.39, 0.29) is 18.1 Å². The van der Waals surface area contributed by atoms with E-state index >= 15 is 0 Å². The van der Waals surface area contributed by atoms with E-state index in [1.807, 2.05) is 25.7 Å². The minimum absolute atomic E-state index is 0.109. The van der Waals surface area contributed by atoms with Gasteiger partial charge in [-0.1, -0.05) is 5.18 Å². The standard InChI is InChI=1S/C13H24N2O4/c1-8(14-17)5-10-9-6-18-7-11(9)15(10)12(16)19-13(2,3)4/h8-12,16H,5-7H2,1-4H3. The number of aliphatic hydroxyl groups excluding tert-OH is 1. The molecule has 0 saturated carbocycles. The van der Waals surface area contributed by atoms with Crippen molar-refractivity contribution in [1.29, 1.82) is 0 Å². The van der Waals surface area contributed by atoms with Crippen molar-refractivity contribution in [2.24, 2.45) is 11.1 Å². The van der Waals surface area contributed by atoms with E-state index in [1.54, 1.807) is 6.92 Å². The minimum Gasteiger partial charge on any atom is -0.379 e. The van der Waals surface area contributed by atoms with Gasteiger partial charge in [0.2, 0.25) is 6.41 Å². The Bertz CT molecular complexity index is 331. The summed E-state index contributed by atoms with van der Waals surface area (Å²) in [5, 5.41) is 13.3. The summed E-state index contributed by atoms with van der Waals surface area (Å²) < 4.78 is 11.1. The lowest BCUT2D eigenvalue weighted by Crippen LogP contribution is -2.68. The van der Waals surface area contributed by atoms with Crippen LogP contribution in [0.2, 0.25) is 0 Å². The summed E-state index contributed by atoms with van der Waals surface area (Å²) in [6.45, 7) is 8.83. The summed E-state index contributed by atoms with van der Waals surface area (Å²) in [7, 11) is 0. The highest BCUT2D eigenvalue weighted by Crippen LogP contribution is 2.41. The molecule has 2 aliphatic heterocycles. The molecule has 0 bridgehead atoms. The van der Waals surface area contributed by atoms with Crippen LogP contribution < -0.4 is 0 Å². The van der Waals surface area contributed by atoms with Crippen LogP contribution in [-0.4, -0.2) is 53.4 Å². The second kappa shape index (κ2) is 5.44. The molecule has 5 atom stereocenters. The molecule has 2 heterocycles. The summed E-state index contributed by atoms with van der Waals surface area (Å²) in [5.74, 6) is 0.377. The molecule has 19 heavy (non-hydrogen) atoms. The van der Waals surface area contributed by atoms with E-state index in [1.165, 1.54) is 0 Å². The summed E-state index contributed by atoms with van der Waals surface area (Å²) >= 11 is 0. The summed E-state index contributed by atoms with van der Waals surface area (Å²) in [4.78, 5) is 12.5. The van der Waals surface area contributed by atoms with Gasteiger partial charge in [-0.3, -0.25) is 0 Å². The van der Waals surface area contributed by atoms with Crippen LogP contribution in [0.1, 0.15) is 34.1 Å². The molecule has 0 aromatic rings. The van der Waals surface area contributed by atoms with Crippen molar-refractivity contribution in [2.45, 2.75) is 64.3 Å². The average Bonchev–Trinajstić information content (AvgIpc) is 2.67. The van der Waals surface area contributed by atoms with Crippen molar-refractivity contribution in [3.8, 4) is 0 Å². The lowest BCUT2D eigenvalue weighted by Gasteiger charge is -2.53. The number of likely N-dealkylation sites (tertiary alicyclic amines) is 1. The monoisotopic (exact) mass is 272 g/mol. The van der Waals surface area contributed by atoms with Crippen molar-refractivity contribution in [2.75, 3.05) is 13.2 Å². The Morgan fingerprint density at radius 1 is 1.47 bits per heavy atom. The number of fused-ring (bicyclic) bond motifs is 1. The molecule has 110 valence electrons. The van der Waals surface area contributed by atoms with Crippen LogP contribution in [0.25, 0.3) is 0 Å². The molecule has 2 rings (SSSR count). The predicted molar refractivity (Wildman–Crippen MR) is 70.4 cm³/mol. The topological polar surface area (TPSA) is 71.4 Å². The molecule has 6 nitrogen and oxygen atoms in total. The van der Waals surface area contributed by atoms with Crippen molar-refractivity contribution < 1.29 is 14.6 Å². The lowest BCUT2D eigenvalue weighted by atomic mass is 9.79. The smallest absolute Gasteiger partial charge is 0.217 e. The van der Waals surface area contributed by atoms with Gasteiger partial charge in [-0.15, -0.1) is 0 Å². The largest absolute Gasteiger partial charge is 0.379 e. The van der Waals surface area contributed by atoms with Crippen molar-refractivity contribution in [1.82, 2.24) is 4.90 Å². The minimum atomic E-state index is -0.952. The molecule has 5 unspecified atom stereocenters. The molecule has 6 heteroatoms. The number of rotatable bonds is 5. The molecule has 2 fully saturated rings. The molecule has 0 aromatic carbocycles. The van der Waals surface area contributed by atoms with E-state index in [4.69, 9.17) is 9.47 Å². The van der Waals surface area contributed by atoms with Gasteiger partial charge in [0.05, 0.1) is 24.9 Å². The Kier molecular flexibility index (Phi) is 4.25. The maximum Gasteiger partial charge on any atom is 0.217 e. The number of aliphatic hydroxyl groups is 1. The van der Waals surface area contributed by atoms with Crippen molar-refractivity contribution in [3.63, 3.8) is 0 Å². The Labute approximate surface area is 114 Å². The fourth-order valence-electron chi connectivity index (χ4n) is 2.99. The molecule has 2 saturated heterocycles. The van der Waals surface area contributed by atoms with Gasteiger partial charge in [0.1, 0.15) is 0 Å². The molecule has 0 radical (unpaired) electrons. The van der Waals surface area contributed by atoms with Crippen LogP contribution in [0.4, 0.5) is 0 Å². The van der Waals surface area contributed by atoms with Gasteiger partial charge >= 0.3 is 0 Å². The lowest BCUT2D eigenvalue weighted by molar-refractivity contribution is -0.291. The molecule has 1 N–H and O–H groups in total. The average molecular weight is 272 g/mol. The highest BCUT2D eigenvalue weighted by Gasteiger charge is 2.54. The second-order valence-electron chi connectivity index (χ2n) is 6.53. The second-order valence-corrected chi connectivity index (χ2v) is 6.53. The van der Waals surface area contributed by atoms with Gasteiger partial charge in [0.15, 0.2) is 0 Å². The van der Waals surface area contributed by atoms with Crippen LogP contribution in [-0.2, 0) is 9.47 Å².